The lowest BCUT2D eigenvalue weighted by atomic mass is 9.88. The highest BCUT2D eigenvalue weighted by molar-refractivity contribution is 5.88. The fourth-order valence-corrected chi connectivity index (χ4v) is 3.52. The van der Waals surface area contributed by atoms with Crippen LogP contribution in [0.1, 0.15) is 41.5 Å². The summed E-state index contributed by atoms with van der Waals surface area (Å²) in [4.78, 5) is 72.1. The van der Waals surface area contributed by atoms with Crippen LogP contribution in [-0.4, -0.2) is 79.9 Å². The molecule has 0 aliphatic carbocycles. The normalized spacial score (nSPS) is 20.9. The van der Waals surface area contributed by atoms with Crippen LogP contribution in [0.3, 0.4) is 0 Å². The molecule has 1 aliphatic heterocycles. The highest BCUT2D eigenvalue weighted by Gasteiger charge is 2.51. The quantitative estimate of drug-likeness (QED) is 0.312. The molecule has 36 heavy (non-hydrogen) atoms. The van der Waals surface area contributed by atoms with Crippen molar-refractivity contribution in [1.29, 1.82) is 0 Å². The maximum Gasteiger partial charge on any atom is 0.373 e. The standard InChI is InChI=1S/C23H31NO12/c1-8-9-16-19(34-14(5)28)18(24-11(2)25)22(36-20(16)23(30)31-7)21(35-15(6)29)17(33-13(4)27)10-32-12(3)26/h8-9,17-19,21-22H,10H2,1-7H3,(H,24,25)/b9-8+/t17-,18-,19+,21-,22-/m1/s1. The van der Waals surface area contributed by atoms with Gasteiger partial charge in [-0.05, 0) is 6.92 Å². The number of ether oxygens (including phenoxy) is 6. The molecule has 5 atom stereocenters. The second-order valence-corrected chi connectivity index (χ2v) is 7.64. The molecule has 0 spiro atoms. The van der Waals surface area contributed by atoms with Crippen molar-refractivity contribution in [1.82, 2.24) is 5.32 Å². The van der Waals surface area contributed by atoms with Crippen molar-refractivity contribution >= 4 is 35.8 Å². The largest absolute Gasteiger partial charge is 0.476 e. The van der Waals surface area contributed by atoms with Crippen LogP contribution in [0.5, 0.6) is 0 Å². The summed E-state index contributed by atoms with van der Waals surface area (Å²) in [6.07, 6.45) is -2.82. The molecule has 200 valence electrons. The molecule has 0 aromatic rings. The van der Waals surface area contributed by atoms with Gasteiger partial charge in [-0.3, -0.25) is 24.0 Å². The molecule has 1 amide bonds. The zero-order valence-corrected chi connectivity index (χ0v) is 21.1. The van der Waals surface area contributed by atoms with Crippen LogP contribution in [-0.2, 0) is 57.2 Å². The Balaban J connectivity index is 3.85. The van der Waals surface area contributed by atoms with Gasteiger partial charge in [0, 0.05) is 40.2 Å². The highest BCUT2D eigenvalue weighted by atomic mass is 16.6. The Bertz CT molecular complexity index is 937. The Morgan fingerprint density at radius 1 is 0.944 bits per heavy atom. The topological polar surface area (TPSA) is 170 Å². The maximum atomic E-state index is 12.6. The van der Waals surface area contributed by atoms with Crippen LogP contribution < -0.4 is 5.32 Å². The number of hydrogen-bond acceptors (Lipinski definition) is 12. The van der Waals surface area contributed by atoms with Gasteiger partial charge in [0.25, 0.3) is 0 Å². The molecule has 0 radical (unpaired) electrons. The van der Waals surface area contributed by atoms with E-state index in [9.17, 15) is 28.8 Å². The van der Waals surface area contributed by atoms with Crippen LogP contribution in [0.2, 0.25) is 0 Å². The van der Waals surface area contributed by atoms with Crippen molar-refractivity contribution in [3.05, 3.63) is 23.5 Å². The number of carbonyl (C=O) groups is 6. The van der Waals surface area contributed by atoms with E-state index in [0.717, 1.165) is 34.8 Å². The number of allylic oxidation sites excluding steroid dienone is 1. The lowest BCUT2D eigenvalue weighted by Gasteiger charge is -2.43. The predicted octanol–water partition coefficient (Wildman–Crippen LogP) is 0.251. The first-order valence-electron chi connectivity index (χ1n) is 10.9. The molecular weight excluding hydrogens is 482 g/mol. The van der Waals surface area contributed by atoms with Gasteiger partial charge in [-0.15, -0.1) is 0 Å². The van der Waals surface area contributed by atoms with Gasteiger partial charge in [0.1, 0.15) is 12.6 Å². The summed E-state index contributed by atoms with van der Waals surface area (Å²) in [6, 6.07) is -1.26. The number of carbonyl (C=O) groups excluding carboxylic acids is 6. The van der Waals surface area contributed by atoms with E-state index in [4.69, 9.17) is 28.4 Å². The minimum Gasteiger partial charge on any atom is -0.476 e. The monoisotopic (exact) mass is 513 g/mol. The van der Waals surface area contributed by atoms with Crippen molar-refractivity contribution in [2.45, 2.75) is 72.0 Å². The number of nitrogens with one attached hydrogen (secondary N) is 1. The summed E-state index contributed by atoms with van der Waals surface area (Å²) in [7, 11) is 1.09. The molecule has 1 aliphatic rings. The van der Waals surface area contributed by atoms with Gasteiger partial charge < -0.3 is 33.7 Å². The number of hydrogen-bond donors (Lipinski definition) is 1. The minimum atomic E-state index is -1.55. The Morgan fingerprint density at radius 2 is 1.56 bits per heavy atom. The van der Waals surface area contributed by atoms with Crippen LogP contribution in [0, 0.1) is 0 Å². The molecule has 0 saturated heterocycles. The third-order valence-corrected chi connectivity index (χ3v) is 4.64. The molecule has 1 N–H and O–H groups in total. The third-order valence-electron chi connectivity index (χ3n) is 4.64. The fourth-order valence-electron chi connectivity index (χ4n) is 3.52. The average molecular weight is 513 g/mol. The number of methoxy groups -OCH3 is 1. The van der Waals surface area contributed by atoms with Gasteiger partial charge in [-0.2, -0.15) is 0 Å². The van der Waals surface area contributed by atoms with Gasteiger partial charge >= 0.3 is 29.8 Å². The van der Waals surface area contributed by atoms with Gasteiger partial charge in [0.2, 0.25) is 11.7 Å². The SMILES string of the molecule is C/C=C/C1=C(C(=O)OC)O[C@@H]([C@H](OC(C)=O)[C@@H](COC(C)=O)OC(C)=O)[C@H](NC(C)=O)[C@H]1OC(C)=O. The first-order valence-corrected chi connectivity index (χ1v) is 10.9. The number of amides is 1. The van der Waals surface area contributed by atoms with Crippen molar-refractivity contribution in [2.75, 3.05) is 13.7 Å². The molecule has 13 nitrogen and oxygen atoms in total. The van der Waals surface area contributed by atoms with E-state index in [1.807, 2.05) is 0 Å². The fraction of sp³-hybridized carbons (Fsp3) is 0.565. The second-order valence-electron chi connectivity index (χ2n) is 7.64. The Hall–Kier alpha value is -3.90. The molecule has 13 heteroatoms. The summed E-state index contributed by atoms with van der Waals surface area (Å²) in [6.45, 7) is 6.61. The zero-order valence-electron chi connectivity index (χ0n) is 21.1. The molecule has 0 aromatic carbocycles. The van der Waals surface area contributed by atoms with Gasteiger partial charge in [-0.1, -0.05) is 12.2 Å². The Labute approximate surface area is 208 Å². The van der Waals surface area contributed by atoms with E-state index in [1.165, 1.54) is 19.1 Å². The van der Waals surface area contributed by atoms with E-state index in [1.54, 1.807) is 6.92 Å². The molecule has 0 unspecified atom stereocenters. The Morgan fingerprint density at radius 3 is 2.00 bits per heavy atom. The summed E-state index contributed by atoms with van der Waals surface area (Å²) < 4.78 is 31.8. The highest BCUT2D eigenvalue weighted by Crippen LogP contribution is 2.33. The van der Waals surface area contributed by atoms with Crippen molar-refractivity contribution in [3.8, 4) is 0 Å². The average Bonchev–Trinajstić information content (AvgIpc) is 2.76. The minimum absolute atomic E-state index is 0.0557. The van der Waals surface area contributed by atoms with Gasteiger partial charge in [0.05, 0.1) is 7.11 Å². The van der Waals surface area contributed by atoms with Crippen molar-refractivity contribution in [2.24, 2.45) is 0 Å². The summed E-state index contributed by atoms with van der Waals surface area (Å²) in [5.41, 5.74) is 0.0557. The van der Waals surface area contributed by atoms with Crippen LogP contribution in [0.4, 0.5) is 0 Å². The molecular formula is C23H31NO12. The van der Waals surface area contributed by atoms with Gasteiger partial charge in [-0.25, -0.2) is 4.79 Å². The van der Waals surface area contributed by atoms with E-state index in [2.05, 4.69) is 5.32 Å². The lowest BCUT2D eigenvalue weighted by molar-refractivity contribution is -0.192. The molecule has 1 heterocycles. The third kappa shape index (κ3) is 8.71. The Kier molecular flexibility index (Phi) is 11.6. The number of esters is 5. The van der Waals surface area contributed by atoms with Crippen molar-refractivity contribution < 1.29 is 57.2 Å². The van der Waals surface area contributed by atoms with E-state index < -0.39 is 78.6 Å². The van der Waals surface area contributed by atoms with Gasteiger partial charge in [0.15, 0.2) is 24.4 Å². The summed E-state index contributed by atoms with van der Waals surface area (Å²) in [5, 5.41) is 2.58. The number of rotatable bonds is 10. The second kappa shape index (κ2) is 13.9. The van der Waals surface area contributed by atoms with Crippen LogP contribution in [0.25, 0.3) is 0 Å². The molecule has 1 rings (SSSR count). The smallest absolute Gasteiger partial charge is 0.373 e. The van der Waals surface area contributed by atoms with Crippen molar-refractivity contribution in [3.63, 3.8) is 0 Å². The maximum absolute atomic E-state index is 12.6. The lowest BCUT2D eigenvalue weighted by Crippen LogP contribution is -2.63. The summed E-state index contributed by atoms with van der Waals surface area (Å²) >= 11 is 0. The van der Waals surface area contributed by atoms with E-state index in [-0.39, 0.29) is 5.57 Å². The molecule has 0 bridgehead atoms. The van der Waals surface area contributed by atoms with E-state index >= 15 is 0 Å². The zero-order chi connectivity index (χ0) is 27.6. The molecule has 0 aromatic heterocycles. The molecule has 0 saturated carbocycles. The first-order chi connectivity index (χ1) is 16.8. The first kappa shape index (κ1) is 30.1. The molecule has 0 fully saturated rings. The summed E-state index contributed by atoms with van der Waals surface area (Å²) in [5.74, 6) is -5.10. The predicted molar refractivity (Wildman–Crippen MR) is 120 cm³/mol. The van der Waals surface area contributed by atoms with E-state index in [0.29, 0.717) is 0 Å². The van der Waals surface area contributed by atoms with Crippen LogP contribution >= 0.6 is 0 Å². The van der Waals surface area contributed by atoms with Crippen LogP contribution in [0.15, 0.2) is 23.5 Å².